The van der Waals surface area contributed by atoms with E-state index in [1.165, 1.54) is 23.1 Å². The summed E-state index contributed by atoms with van der Waals surface area (Å²) in [6.45, 7) is 0. The highest BCUT2D eigenvalue weighted by Crippen LogP contribution is 2.25. The summed E-state index contributed by atoms with van der Waals surface area (Å²) in [4.78, 5) is 20.4. The van der Waals surface area contributed by atoms with Gasteiger partial charge < -0.3 is 14.1 Å². The number of halogens is 1. The largest absolute Gasteiger partial charge is 0.480 e. The van der Waals surface area contributed by atoms with E-state index in [4.69, 9.17) is 4.42 Å². The van der Waals surface area contributed by atoms with Crippen molar-refractivity contribution in [1.29, 1.82) is 0 Å². The third-order valence-corrected chi connectivity index (χ3v) is 4.16. The highest BCUT2D eigenvalue weighted by molar-refractivity contribution is 5.81. The van der Waals surface area contributed by atoms with Crippen molar-refractivity contribution >= 4 is 16.9 Å². The first-order valence-electron chi connectivity index (χ1n) is 7.97. The van der Waals surface area contributed by atoms with E-state index in [1.807, 2.05) is 0 Å². The van der Waals surface area contributed by atoms with Crippen LogP contribution in [0.25, 0.3) is 22.4 Å². The van der Waals surface area contributed by atoms with E-state index in [2.05, 4.69) is 9.97 Å². The minimum atomic E-state index is -1.02. The van der Waals surface area contributed by atoms with Gasteiger partial charge >= 0.3 is 5.97 Å². The minimum absolute atomic E-state index is 0.160. The van der Waals surface area contributed by atoms with Crippen LogP contribution in [0.2, 0.25) is 0 Å². The van der Waals surface area contributed by atoms with E-state index >= 15 is 0 Å². The van der Waals surface area contributed by atoms with Crippen LogP contribution < -0.4 is 0 Å². The van der Waals surface area contributed by atoms with E-state index < -0.39 is 17.8 Å². The number of hydrogen-bond acceptors (Lipinski definition) is 4. The van der Waals surface area contributed by atoms with Crippen molar-refractivity contribution in [1.82, 2.24) is 14.5 Å². The van der Waals surface area contributed by atoms with Gasteiger partial charge in [0.25, 0.3) is 0 Å². The van der Waals surface area contributed by atoms with Crippen LogP contribution in [0.5, 0.6) is 0 Å². The predicted molar refractivity (Wildman–Crippen MR) is 92.0 cm³/mol. The summed E-state index contributed by atoms with van der Waals surface area (Å²) in [6, 6.07) is 10.7. The molecule has 7 heteroatoms. The van der Waals surface area contributed by atoms with Gasteiger partial charge in [-0.2, -0.15) is 0 Å². The molecule has 0 bridgehead atoms. The summed E-state index contributed by atoms with van der Waals surface area (Å²) in [5.41, 5.74) is 0.621. The maximum absolute atomic E-state index is 14.1. The number of carboxylic acids is 1. The quantitative estimate of drug-likeness (QED) is 0.593. The summed E-state index contributed by atoms with van der Waals surface area (Å²) in [6.07, 6.45) is 4.73. The lowest BCUT2D eigenvalue weighted by Gasteiger charge is -2.16. The van der Waals surface area contributed by atoms with Crippen molar-refractivity contribution in [3.05, 3.63) is 72.7 Å². The van der Waals surface area contributed by atoms with Gasteiger partial charge in [0.05, 0.1) is 6.26 Å². The van der Waals surface area contributed by atoms with Gasteiger partial charge in [-0.1, -0.05) is 18.2 Å². The van der Waals surface area contributed by atoms with Crippen LogP contribution in [0.15, 0.2) is 65.5 Å². The molecule has 1 N–H and O–H groups in total. The second kappa shape index (κ2) is 6.44. The number of imidazole rings is 1. The lowest BCUT2D eigenvalue weighted by atomic mass is 10.1. The highest BCUT2D eigenvalue weighted by Gasteiger charge is 2.25. The zero-order chi connectivity index (χ0) is 18.1. The van der Waals surface area contributed by atoms with E-state index in [1.54, 1.807) is 42.6 Å². The summed E-state index contributed by atoms with van der Waals surface area (Å²) in [5.74, 6) is -0.552. The SMILES string of the molecule is O=C(O)[C@@H](Cc1ccco1)n1ccnc1-c1ccc2cccc(F)c2n1. The third-order valence-electron chi connectivity index (χ3n) is 4.16. The number of carbonyl (C=O) groups is 1. The number of aliphatic carboxylic acids is 1. The Bertz CT molecular complexity index is 1070. The second-order valence-corrected chi connectivity index (χ2v) is 5.80. The molecule has 0 fully saturated rings. The Morgan fingerprint density at radius 3 is 2.88 bits per heavy atom. The number of nitrogens with zero attached hydrogens (tertiary/aromatic N) is 3. The van der Waals surface area contributed by atoms with Crippen LogP contribution in [0.1, 0.15) is 11.8 Å². The molecule has 26 heavy (non-hydrogen) atoms. The Kier molecular flexibility index (Phi) is 3.96. The van der Waals surface area contributed by atoms with Gasteiger partial charge in [0, 0.05) is 24.2 Å². The van der Waals surface area contributed by atoms with Crippen LogP contribution in [0.3, 0.4) is 0 Å². The Hall–Kier alpha value is -3.48. The molecule has 1 atom stereocenters. The second-order valence-electron chi connectivity index (χ2n) is 5.80. The van der Waals surface area contributed by atoms with Gasteiger partial charge in [0.2, 0.25) is 0 Å². The average molecular weight is 351 g/mol. The monoisotopic (exact) mass is 351 g/mol. The summed E-state index contributed by atoms with van der Waals surface area (Å²) in [5, 5.41) is 10.3. The number of hydrogen-bond donors (Lipinski definition) is 1. The van der Waals surface area contributed by atoms with Crippen LogP contribution in [0, 0.1) is 5.82 Å². The molecule has 130 valence electrons. The number of furan rings is 1. The van der Waals surface area contributed by atoms with Crippen molar-refractivity contribution in [2.45, 2.75) is 12.5 Å². The Labute approximate surface area is 147 Å². The number of benzene rings is 1. The number of rotatable bonds is 5. The Balaban J connectivity index is 1.78. The van der Waals surface area contributed by atoms with Crippen LogP contribution >= 0.6 is 0 Å². The third kappa shape index (κ3) is 2.83. The molecular weight excluding hydrogens is 337 g/mol. The summed E-state index contributed by atoms with van der Waals surface area (Å²) < 4.78 is 20.8. The molecule has 0 saturated carbocycles. The number of pyridine rings is 1. The zero-order valence-electron chi connectivity index (χ0n) is 13.5. The predicted octanol–water partition coefficient (Wildman–Crippen LogP) is 3.70. The maximum atomic E-state index is 14.1. The van der Waals surface area contributed by atoms with Gasteiger partial charge in [-0.25, -0.2) is 19.2 Å². The van der Waals surface area contributed by atoms with Crippen LogP contribution in [0.4, 0.5) is 4.39 Å². The molecule has 1 aromatic carbocycles. The maximum Gasteiger partial charge on any atom is 0.327 e. The molecule has 6 nitrogen and oxygen atoms in total. The molecular formula is C19H14FN3O3. The van der Waals surface area contributed by atoms with Crippen molar-refractivity contribution in [2.75, 3.05) is 0 Å². The number of carboxylic acid groups (broad SMARTS) is 1. The van der Waals surface area contributed by atoms with E-state index in [0.29, 0.717) is 22.7 Å². The molecule has 0 spiro atoms. The van der Waals surface area contributed by atoms with Crippen LogP contribution in [-0.2, 0) is 11.2 Å². The molecule has 4 rings (SSSR count). The Morgan fingerprint density at radius 2 is 2.12 bits per heavy atom. The van der Waals surface area contributed by atoms with Crippen molar-refractivity contribution < 1.29 is 18.7 Å². The van der Waals surface area contributed by atoms with Crippen molar-refractivity contribution in [3.63, 3.8) is 0 Å². The fourth-order valence-corrected chi connectivity index (χ4v) is 2.92. The first kappa shape index (κ1) is 16.0. The molecule has 3 aromatic heterocycles. The van der Waals surface area contributed by atoms with E-state index in [9.17, 15) is 14.3 Å². The zero-order valence-corrected chi connectivity index (χ0v) is 13.5. The first-order valence-corrected chi connectivity index (χ1v) is 7.97. The van der Waals surface area contributed by atoms with Gasteiger partial charge in [-0.05, 0) is 24.3 Å². The Morgan fingerprint density at radius 1 is 1.23 bits per heavy atom. The molecule has 0 saturated heterocycles. The molecule has 4 aromatic rings. The number of para-hydroxylation sites is 1. The molecule has 0 amide bonds. The average Bonchev–Trinajstić information content (AvgIpc) is 3.31. The molecule has 3 heterocycles. The smallest absolute Gasteiger partial charge is 0.327 e. The fourth-order valence-electron chi connectivity index (χ4n) is 2.92. The van der Waals surface area contributed by atoms with Gasteiger partial charge in [-0.15, -0.1) is 0 Å². The van der Waals surface area contributed by atoms with Crippen molar-refractivity contribution in [2.24, 2.45) is 0 Å². The first-order chi connectivity index (χ1) is 12.6. The standard InChI is InChI=1S/C19H14FN3O3/c20-14-5-1-3-12-6-7-15(22-17(12)14)18-21-8-9-23(18)16(19(24)25)11-13-4-2-10-26-13/h1-10,16H,11H2,(H,24,25)/t16-/m1/s1. The minimum Gasteiger partial charge on any atom is -0.480 e. The topological polar surface area (TPSA) is 81.1 Å². The summed E-state index contributed by atoms with van der Waals surface area (Å²) >= 11 is 0. The molecule has 0 unspecified atom stereocenters. The molecule has 0 aliphatic carbocycles. The van der Waals surface area contributed by atoms with E-state index in [-0.39, 0.29) is 11.9 Å². The lowest BCUT2D eigenvalue weighted by Crippen LogP contribution is -2.21. The normalized spacial score (nSPS) is 12.3. The van der Waals surface area contributed by atoms with E-state index in [0.717, 1.165) is 0 Å². The summed E-state index contributed by atoms with van der Waals surface area (Å²) in [7, 11) is 0. The van der Waals surface area contributed by atoms with Crippen LogP contribution in [-0.4, -0.2) is 25.6 Å². The molecule has 0 aliphatic heterocycles. The molecule has 0 radical (unpaired) electrons. The van der Waals surface area contributed by atoms with Gasteiger partial charge in [0.1, 0.15) is 28.8 Å². The number of aromatic nitrogens is 3. The van der Waals surface area contributed by atoms with Gasteiger partial charge in [-0.3, -0.25) is 0 Å². The molecule has 0 aliphatic rings. The lowest BCUT2D eigenvalue weighted by molar-refractivity contribution is -0.140. The van der Waals surface area contributed by atoms with Gasteiger partial charge in [0.15, 0.2) is 5.82 Å². The number of fused-ring (bicyclic) bond motifs is 1. The van der Waals surface area contributed by atoms with Crippen molar-refractivity contribution in [3.8, 4) is 11.5 Å². The fraction of sp³-hybridized carbons (Fsp3) is 0.105. The highest BCUT2D eigenvalue weighted by atomic mass is 19.1.